The zero-order valence-electron chi connectivity index (χ0n) is 16.0. The lowest BCUT2D eigenvalue weighted by Gasteiger charge is -2.39. The first-order chi connectivity index (χ1) is 14.0. The molecule has 2 aliphatic carbocycles. The fourth-order valence-corrected chi connectivity index (χ4v) is 4.86. The Morgan fingerprint density at radius 1 is 1.27 bits per heavy atom. The average molecular weight is 433 g/mol. The normalized spacial score (nSPS) is 19.7. The van der Waals surface area contributed by atoms with Gasteiger partial charge >= 0.3 is 5.97 Å². The summed E-state index contributed by atoms with van der Waals surface area (Å²) in [5, 5.41) is 11.9. The molecule has 2 aromatic rings. The number of aromatic carboxylic acids is 1. The molecule has 1 atom stereocenters. The number of carbonyl (C=O) groups excluding carboxylic acids is 2. The van der Waals surface area contributed by atoms with Gasteiger partial charge in [-0.2, -0.15) is 8.42 Å². The van der Waals surface area contributed by atoms with Crippen LogP contribution in [0, 0.1) is 0 Å². The van der Waals surface area contributed by atoms with Gasteiger partial charge in [-0.05, 0) is 42.5 Å². The number of carboxylic acid groups (broad SMARTS) is 1. The molecular weight excluding hydrogens is 414 g/mol. The molecule has 30 heavy (non-hydrogen) atoms. The molecule has 1 aromatic carbocycles. The number of benzene rings is 1. The van der Waals surface area contributed by atoms with Crippen molar-refractivity contribution in [2.75, 3.05) is 12.3 Å². The number of carboxylic acids is 1. The molecule has 9 nitrogen and oxygen atoms in total. The number of furan rings is 1. The molecule has 4 rings (SSSR count). The molecule has 0 bridgehead atoms. The van der Waals surface area contributed by atoms with E-state index >= 15 is 0 Å². The number of aryl methyl sites for hydroxylation is 1. The number of amides is 1. The van der Waals surface area contributed by atoms with Crippen LogP contribution in [-0.4, -0.2) is 48.0 Å². The van der Waals surface area contributed by atoms with Crippen LogP contribution in [0.3, 0.4) is 0 Å². The van der Waals surface area contributed by atoms with Crippen molar-refractivity contribution in [1.82, 2.24) is 5.32 Å². The SMILES string of the molecule is C[C@@]12CCCc3coc(c31)C(=O)c1cc(C(=O)NCCS(=O)(=O)O)c(C(=O)O)cc12. The van der Waals surface area contributed by atoms with Gasteiger partial charge in [0.15, 0.2) is 5.76 Å². The summed E-state index contributed by atoms with van der Waals surface area (Å²) >= 11 is 0. The maximum Gasteiger partial charge on any atom is 0.336 e. The molecule has 158 valence electrons. The average Bonchev–Trinajstić information content (AvgIpc) is 3.10. The van der Waals surface area contributed by atoms with Crippen LogP contribution < -0.4 is 5.32 Å². The summed E-state index contributed by atoms with van der Waals surface area (Å²) in [5.74, 6) is -3.13. The monoisotopic (exact) mass is 433 g/mol. The van der Waals surface area contributed by atoms with Gasteiger partial charge in [0.25, 0.3) is 16.0 Å². The van der Waals surface area contributed by atoms with Crippen LogP contribution in [0.4, 0.5) is 0 Å². The van der Waals surface area contributed by atoms with Crippen LogP contribution in [0.25, 0.3) is 0 Å². The van der Waals surface area contributed by atoms with Gasteiger partial charge in [0.1, 0.15) is 0 Å². The van der Waals surface area contributed by atoms with Crippen molar-refractivity contribution in [3.05, 3.63) is 57.5 Å². The highest BCUT2D eigenvalue weighted by molar-refractivity contribution is 7.85. The lowest BCUT2D eigenvalue weighted by atomic mass is 9.62. The van der Waals surface area contributed by atoms with Gasteiger partial charge in [0.05, 0.1) is 23.1 Å². The highest BCUT2D eigenvalue weighted by Crippen LogP contribution is 2.50. The van der Waals surface area contributed by atoms with Crippen LogP contribution >= 0.6 is 0 Å². The summed E-state index contributed by atoms with van der Waals surface area (Å²) in [7, 11) is -4.29. The lowest BCUT2D eigenvalue weighted by molar-refractivity contribution is 0.0690. The number of carbonyl (C=O) groups is 3. The number of hydrogen-bond donors (Lipinski definition) is 3. The van der Waals surface area contributed by atoms with E-state index in [1.807, 2.05) is 6.92 Å². The van der Waals surface area contributed by atoms with Gasteiger partial charge < -0.3 is 14.8 Å². The van der Waals surface area contributed by atoms with E-state index in [-0.39, 0.29) is 22.5 Å². The molecule has 0 spiro atoms. The Kier molecular flexibility index (Phi) is 4.59. The topological polar surface area (TPSA) is 151 Å². The highest BCUT2D eigenvalue weighted by Gasteiger charge is 2.46. The minimum absolute atomic E-state index is 0.192. The maximum absolute atomic E-state index is 13.1. The molecule has 0 saturated carbocycles. The Bertz CT molecular complexity index is 1210. The Balaban J connectivity index is 1.82. The zero-order chi connectivity index (χ0) is 21.8. The quantitative estimate of drug-likeness (QED) is 0.604. The van der Waals surface area contributed by atoms with E-state index in [1.54, 1.807) is 6.26 Å². The standard InChI is InChI=1S/C20H19NO8S/c1-20-4-2-3-10-9-29-17(15(10)20)16(22)13-7-11(12(19(24)25)8-14(13)20)18(23)21-5-6-30(26,27)28/h7-9H,2-6H2,1H3,(H,21,23)(H,24,25)(H,26,27,28)/t20-/m0/s1. The third kappa shape index (κ3) is 3.12. The minimum Gasteiger partial charge on any atom is -0.478 e. The van der Waals surface area contributed by atoms with Crippen LogP contribution in [0.1, 0.15) is 73.3 Å². The Morgan fingerprint density at radius 2 is 2.00 bits per heavy atom. The summed E-state index contributed by atoms with van der Waals surface area (Å²) in [5.41, 5.74) is 1.29. The van der Waals surface area contributed by atoms with Gasteiger partial charge in [-0.25, -0.2) is 4.79 Å². The first-order valence-electron chi connectivity index (χ1n) is 9.33. The molecule has 0 radical (unpaired) electrons. The third-order valence-electron chi connectivity index (χ3n) is 5.87. The van der Waals surface area contributed by atoms with Gasteiger partial charge in [0.2, 0.25) is 5.78 Å². The van der Waals surface area contributed by atoms with Crippen molar-refractivity contribution in [3.8, 4) is 0 Å². The molecule has 0 aliphatic heterocycles. The molecular formula is C20H19NO8S. The first kappa shape index (κ1) is 20.3. The molecule has 0 fully saturated rings. The molecule has 0 unspecified atom stereocenters. The first-order valence-corrected chi connectivity index (χ1v) is 10.9. The molecule has 1 amide bonds. The van der Waals surface area contributed by atoms with E-state index in [9.17, 15) is 27.9 Å². The van der Waals surface area contributed by atoms with E-state index in [1.165, 1.54) is 12.1 Å². The van der Waals surface area contributed by atoms with Crippen molar-refractivity contribution < 1.29 is 36.9 Å². The molecule has 1 aromatic heterocycles. The third-order valence-corrected chi connectivity index (χ3v) is 6.59. The zero-order valence-corrected chi connectivity index (χ0v) is 16.8. The Labute approximate surface area is 171 Å². The maximum atomic E-state index is 13.1. The van der Waals surface area contributed by atoms with Crippen LogP contribution in [0.2, 0.25) is 0 Å². The van der Waals surface area contributed by atoms with Crippen molar-refractivity contribution in [2.45, 2.75) is 31.6 Å². The summed E-state index contributed by atoms with van der Waals surface area (Å²) in [6.07, 6.45) is 3.88. The van der Waals surface area contributed by atoms with Crippen LogP contribution in [-0.2, 0) is 22.0 Å². The molecule has 0 saturated heterocycles. The predicted molar refractivity (Wildman–Crippen MR) is 104 cm³/mol. The smallest absolute Gasteiger partial charge is 0.336 e. The Hall–Kier alpha value is -2.98. The lowest BCUT2D eigenvalue weighted by Crippen LogP contribution is -2.37. The van der Waals surface area contributed by atoms with Crippen molar-refractivity contribution in [2.24, 2.45) is 0 Å². The van der Waals surface area contributed by atoms with Crippen LogP contribution in [0.5, 0.6) is 0 Å². The number of fused-ring (bicyclic) bond motifs is 2. The molecule has 2 aliphatic rings. The fourth-order valence-electron chi connectivity index (χ4n) is 4.50. The van der Waals surface area contributed by atoms with Crippen molar-refractivity contribution in [1.29, 1.82) is 0 Å². The largest absolute Gasteiger partial charge is 0.478 e. The Morgan fingerprint density at radius 3 is 2.67 bits per heavy atom. The van der Waals surface area contributed by atoms with E-state index in [4.69, 9.17) is 8.97 Å². The highest BCUT2D eigenvalue weighted by atomic mass is 32.2. The van der Waals surface area contributed by atoms with Gasteiger partial charge in [-0.15, -0.1) is 0 Å². The van der Waals surface area contributed by atoms with E-state index in [0.29, 0.717) is 12.0 Å². The van der Waals surface area contributed by atoms with E-state index in [0.717, 1.165) is 24.0 Å². The summed E-state index contributed by atoms with van der Waals surface area (Å²) in [6.45, 7) is 1.53. The molecule has 10 heteroatoms. The van der Waals surface area contributed by atoms with Crippen LogP contribution in [0.15, 0.2) is 22.8 Å². The minimum atomic E-state index is -4.29. The second-order valence-corrected chi connectivity index (χ2v) is 9.34. The summed E-state index contributed by atoms with van der Waals surface area (Å²) in [4.78, 5) is 37.5. The van der Waals surface area contributed by atoms with Crippen molar-refractivity contribution >= 4 is 27.8 Å². The molecule has 1 heterocycles. The number of rotatable bonds is 5. The number of ketones is 1. The van der Waals surface area contributed by atoms with Crippen molar-refractivity contribution in [3.63, 3.8) is 0 Å². The number of nitrogens with one attached hydrogen (secondary N) is 1. The summed E-state index contributed by atoms with van der Waals surface area (Å²) in [6, 6.07) is 2.59. The second-order valence-electron chi connectivity index (χ2n) is 7.77. The number of hydrogen-bond acceptors (Lipinski definition) is 6. The molecule has 3 N–H and O–H groups in total. The van der Waals surface area contributed by atoms with E-state index in [2.05, 4.69) is 5.32 Å². The van der Waals surface area contributed by atoms with Gasteiger partial charge in [0, 0.05) is 23.1 Å². The van der Waals surface area contributed by atoms with E-state index < -0.39 is 45.5 Å². The fraction of sp³-hybridized carbons (Fsp3) is 0.350. The predicted octanol–water partition coefficient (Wildman–Crippen LogP) is 1.78. The van der Waals surface area contributed by atoms with Gasteiger partial charge in [-0.3, -0.25) is 14.1 Å². The summed E-state index contributed by atoms with van der Waals surface area (Å²) < 4.78 is 36.0. The van der Waals surface area contributed by atoms with Gasteiger partial charge in [-0.1, -0.05) is 6.92 Å². The second kappa shape index (κ2) is 6.78.